The average molecular weight is 333 g/mol. The Labute approximate surface area is 139 Å². The normalized spacial score (nSPS) is 11.9. The zero-order chi connectivity index (χ0) is 17.7. The molecule has 0 radical (unpaired) electrons. The molecular formula is C19H18F3NO. The van der Waals surface area contributed by atoms with Gasteiger partial charge in [-0.25, -0.2) is 0 Å². The Morgan fingerprint density at radius 2 is 1.58 bits per heavy atom. The molecule has 0 heterocycles. The van der Waals surface area contributed by atoms with Crippen LogP contribution in [0.25, 0.3) is 6.08 Å². The van der Waals surface area contributed by atoms with Crippen molar-refractivity contribution in [2.45, 2.75) is 25.9 Å². The number of carbonyl (C=O) groups is 1. The smallest absolute Gasteiger partial charge is 0.323 e. The number of amides is 1. The summed E-state index contributed by atoms with van der Waals surface area (Å²) in [5.41, 5.74) is 1.65. The molecule has 1 amide bonds. The zero-order valence-corrected chi connectivity index (χ0v) is 13.4. The molecule has 2 nitrogen and oxygen atoms in total. The summed E-state index contributed by atoms with van der Waals surface area (Å²) in [5.74, 6) is 0.0358. The van der Waals surface area contributed by atoms with E-state index in [-0.39, 0.29) is 0 Å². The molecule has 24 heavy (non-hydrogen) atoms. The van der Waals surface area contributed by atoms with Gasteiger partial charge in [0.25, 0.3) is 0 Å². The highest BCUT2D eigenvalue weighted by Crippen LogP contribution is 2.29. The molecule has 2 rings (SSSR count). The fourth-order valence-electron chi connectivity index (χ4n) is 2.09. The molecule has 0 fully saturated rings. The van der Waals surface area contributed by atoms with E-state index in [1.807, 2.05) is 24.3 Å². The molecule has 0 spiro atoms. The van der Waals surface area contributed by atoms with Crippen LogP contribution in [0.1, 0.15) is 36.5 Å². The van der Waals surface area contributed by atoms with Crippen LogP contribution in [0.5, 0.6) is 0 Å². The third-order valence-electron chi connectivity index (χ3n) is 3.51. The highest BCUT2D eigenvalue weighted by atomic mass is 19.4. The third kappa shape index (κ3) is 4.98. The lowest BCUT2D eigenvalue weighted by Gasteiger charge is -2.07. The van der Waals surface area contributed by atoms with Crippen LogP contribution in [0.2, 0.25) is 0 Å². The van der Waals surface area contributed by atoms with E-state index >= 15 is 0 Å². The van der Waals surface area contributed by atoms with Gasteiger partial charge in [0.05, 0.1) is 5.56 Å². The average Bonchev–Trinajstić information content (AvgIpc) is 2.53. The molecule has 0 aliphatic carbocycles. The lowest BCUT2D eigenvalue weighted by molar-refractivity contribution is -0.137. The minimum absolute atomic E-state index is 0.313. The topological polar surface area (TPSA) is 29.1 Å². The van der Waals surface area contributed by atoms with Crippen molar-refractivity contribution in [2.24, 2.45) is 0 Å². The van der Waals surface area contributed by atoms with Gasteiger partial charge in [0.1, 0.15) is 0 Å². The largest absolute Gasteiger partial charge is 0.416 e. The number of anilines is 1. The number of halogens is 3. The maximum absolute atomic E-state index is 12.5. The summed E-state index contributed by atoms with van der Waals surface area (Å²) in [5, 5.41) is 2.53. The molecule has 0 saturated carbocycles. The van der Waals surface area contributed by atoms with Gasteiger partial charge in [-0.15, -0.1) is 0 Å². The van der Waals surface area contributed by atoms with E-state index in [4.69, 9.17) is 0 Å². The molecule has 0 aliphatic heterocycles. The van der Waals surface area contributed by atoms with Crippen molar-refractivity contribution in [2.75, 3.05) is 5.32 Å². The van der Waals surface area contributed by atoms with E-state index in [1.165, 1.54) is 23.8 Å². The predicted molar refractivity (Wildman–Crippen MR) is 89.6 cm³/mol. The van der Waals surface area contributed by atoms with Crippen molar-refractivity contribution >= 4 is 17.7 Å². The first-order chi connectivity index (χ1) is 11.3. The van der Waals surface area contributed by atoms with Gasteiger partial charge in [-0.2, -0.15) is 13.2 Å². The molecule has 0 aliphatic rings. The van der Waals surface area contributed by atoms with E-state index < -0.39 is 17.6 Å². The Bertz CT molecular complexity index is 714. The number of carbonyl (C=O) groups excluding carboxylic acids is 1. The second kappa shape index (κ2) is 7.34. The van der Waals surface area contributed by atoms with Crippen molar-refractivity contribution < 1.29 is 18.0 Å². The van der Waals surface area contributed by atoms with Crippen LogP contribution in [0, 0.1) is 0 Å². The van der Waals surface area contributed by atoms with E-state index in [1.54, 1.807) is 6.08 Å². The predicted octanol–water partition coefficient (Wildman–Crippen LogP) is 5.48. The van der Waals surface area contributed by atoms with Crippen LogP contribution in [-0.2, 0) is 11.0 Å². The first-order valence-electron chi connectivity index (χ1n) is 7.52. The van der Waals surface area contributed by atoms with Crippen molar-refractivity contribution in [1.29, 1.82) is 0 Å². The molecule has 1 N–H and O–H groups in total. The molecule has 0 unspecified atom stereocenters. The Balaban J connectivity index is 1.97. The lowest BCUT2D eigenvalue weighted by Crippen LogP contribution is -2.09. The van der Waals surface area contributed by atoms with Gasteiger partial charge >= 0.3 is 6.18 Å². The number of benzene rings is 2. The van der Waals surface area contributed by atoms with Crippen molar-refractivity contribution in [3.05, 3.63) is 71.3 Å². The second-order valence-corrected chi connectivity index (χ2v) is 5.72. The molecule has 0 bridgehead atoms. The first-order valence-corrected chi connectivity index (χ1v) is 7.52. The number of hydrogen-bond donors (Lipinski definition) is 1. The Kier molecular flexibility index (Phi) is 5.44. The summed E-state index contributed by atoms with van der Waals surface area (Å²) in [6, 6.07) is 12.1. The summed E-state index contributed by atoms with van der Waals surface area (Å²) in [6.45, 7) is 4.20. The van der Waals surface area contributed by atoms with Crippen LogP contribution in [0.3, 0.4) is 0 Å². The fraction of sp³-hybridized carbons (Fsp3) is 0.211. The van der Waals surface area contributed by atoms with E-state index in [0.717, 1.165) is 17.7 Å². The van der Waals surface area contributed by atoms with Crippen LogP contribution < -0.4 is 5.32 Å². The number of nitrogens with one attached hydrogen (secondary N) is 1. The van der Waals surface area contributed by atoms with E-state index in [0.29, 0.717) is 11.6 Å². The highest BCUT2D eigenvalue weighted by Gasteiger charge is 2.29. The summed E-state index contributed by atoms with van der Waals surface area (Å²) in [7, 11) is 0. The van der Waals surface area contributed by atoms with Crippen LogP contribution in [0.15, 0.2) is 54.6 Å². The molecule has 5 heteroatoms. The number of hydrogen-bond acceptors (Lipinski definition) is 1. The van der Waals surface area contributed by atoms with Crippen LogP contribution in [0.4, 0.5) is 18.9 Å². The minimum atomic E-state index is -4.38. The Hall–Kier alpha value is -2.56. The van der Waals surface area contributed by atoms with Gasteiger partial charge in [-0.05, 0) is 47.4 Å². The van der Waals surface area contributed by atoms with Crippen molar-refractivity contribution in [1.82, 2.24) is 0 Å². The molecule has 0 atom stereocenters. The fourth-order valence-corrected chi connectivity index (χ4v) is 2.09. The molecule has 126 valence electrons. The quantitative estimate of drug-likeness (QED) is 0.738. The maximum Gasteiger partial charge on any atom is 0.416 e. The van der Waals surface area contributed by atoms with Gasteiger partial charge < -0.3 is 5.32 Å². The monoisotopic (exact) mass is 333 g/mol. The van der Waals surface area contributed by atoms with E-state index in [9.17, 15) is 18.0 Å². The lowest BCUT2D eigenvalue weighted by atomic mass is 10.0. The van der Waals surface area contributed by atoms with Gasteiger partial charge in [0, 0.05) is 11.8 Å². The van der Waals surface area contributed by atoms with Gasteiger partial charge in [0.15, 0.2) is 0 Å². The summed E-state index contributed by atoms with van der Waals surface area (Å²) in [6.07, 6.45) is -1.38. The summed E-state index contributed by atoms with van der Waals surface area (Å²) < 4.78 is 37.4. The summed E-state index contributed by atoms with van der Waals surface area (Å²) in [4.78, 5) is 11.8. The number of alkyl halides is 3. The Morgan fingerprint density at radius 3 is 2.08 bits per heavy atom. The van der Waals surface area contributed by atoms with Gasteiger partial charge in [-0.1, -0.05) is 38.1 Å². The van der Waals surface area contributed by atoms with Gasteiger partial charge in [0.2, 0.25) is 5.91 Å². The maximum atomic E-state index is 12.5. The third-order valence-corrected chi connectivity index (χ3v) is 3.51. The van der Waals surface area contributed by atoms with Crippen LogP contribution >= 0.6 is 0 Å². The minimum Gasteiger partial charge on any atom is -0.323 e. The van der Waals surface area contributed by atoms with Crippen molar-refractivity contribution in [3.63, 3.8) is 0 Å². The molecule has 0 aromatic heterocycles. The molecule has 2 aromatic rings. The first kappa shape index (κ1) is 17.8. The highest BCUT2D eigenvalue weighted by molar-refractivity contribution is 6.01. The molecular weight excluding hydrogens is 315 g/mol. The van der Waals surface area contributed by atoms with Crippen LogP contribution in [-0.4, -0.2) is 5.91 Å². The zero-order valence-electron chi connectivity index (χ0n) is 13.4. The molecule has 0 saturated heterocycles. The Morgan fingerprint density at radius 1 is 1.00 bits per heavy atom. The second-order valence-electron chi connectivity index (χ2n) is 5.72. The SMILES string of the molecule is CC(C)c1ccc(/C=C/C(=O)Nc2ccc(C(F)(F)F)cc2)cc1. The molecule has 2 aromatic carbocycles. The van der Waals surface area contributed by atoms with Gasteiger partial charge in [-0.3, -0.25) is 4.79 Å². The van der Waals surface area contributed by atoms with E-state index in [2.05, 4.69) is 19.2 Å². The van der Waals surface area contributed by atoms with Crippen molar-refractivity contribution in [3.8, 4) is 0 Å². The summed E-state index contributed by atoms with van der Waals surface area (Å²) >= 11 is 0. The standard InChI is InChI=1S/C19H18F3NO/c1-13(2)15-6-3-14(4-7-15)5-12-18(24)23-17-10-8-16(9-11-17)19(20,21)22/h3-13H,1-2H3,(H,23,24)/b12-5+. The number of rotatable bonds is 4.